The third-order valence-electron chi connectivity index (χ3n) is 3.63. The van der Waals surface area contributed by atoms with E-state index in [-0.39, 0.29) is 11.8 Å². The molecule has 1 N–H and O–H groups in total. The zero-order valence-electron chi connectivity index (χ0n) is 13.2. The number of ether oxygens (including phenoxy) is 1. The van der Waals surface area contributed by atoms with Gasteiger partial charge in [-0.1, -0.05) is 0 Å². The summed E-state index contributed by atoms with van der Waals surface area (Å²) in [5, 5.41) is 3.25. The Labute approximate surface area is 129 Å². The van der Waals surface area contributed by atoms with Crippen molar-refractivity contribution in [2.24, 2.45) is 0 Å². The van der Waals surface area contributed by atoms with Crippen molar-refractivity contribution in [3.63, 3.8) is 0 Å². The highest BCUT2D eigenvalue weighted by Gasteiger charge is 2.35. The fraction of sp³-hybridized carbons (Fsp3) is 0.562. The zero-order chi connectivity index (χ0) is 16.3. The number of carbonyl (C=O) groups excluding carboxylic acids is 1. The molecular weight excluding hydrogens is 290 g/mol. The van der Waals surface area contributed by atoms with Gasteiger partial charge in [0.15, 0.2) is 0 Å². The van der Waals surface area contributed by atoms with Crippen LogP contribution >= 0.6 is 0 Å². The molecule has 122 valence electrons. The number of rotatable bonds is 2. The molecule has 1 aliphatic heterocycles. The third kappa shape index (κ3) is 4.16. The summed E-state index contributed by atoms with van der Waals surface area (Å²) >= 11 is 0. The maximum atomic E-state index is 13.2. The summed E-state index contributed by atoms with van der Waals surface area (Å²) in [4.78, 5) is 14.2. The Hall–Kier alpha value is -1.69. The summed E-state index contributed by atoms with van der Waals surface area (Å²) in [7, 11) is 0. The zero-order valence-corrected chi connectivity index (χ0v) is 13.2. The summed E-state index contributed by atoms with van der Waals surface area (Å²) in [6.07, 6.45) is 1.07. The van der Waals surface area contributed by atoms with E-state index in [1.807, 2.05) is 20.8 Å². The van der Waals surface area contributed by atoms with Crippen molar-refractivity contribution in [3.05, 3.63) is 29.8 Å². The van der Waals surface area contributed by atoms with E-state index >= 15 is 0 Å². The highest BCUT2D eigenvalue weighted by atomic mass is 19.1. The van der Waals surface area contributed by atoms with Gasteiger partial charge in [0.25, 0.3) is 0 Å². The van der Waals surface area contributed by atoms with Gasteiger partial charge in [-0.15, -0.1) is 0 Å². The van der Waals surface area contributed by atoms with Gasteiger partial charge in [-0.05, 0) is 46.7 Å². The molecule has 1 amide bonds. The van der Waals surface area contributed by atoms with Crippen LogP contribution in [-0.4, -0.2) is 35.7 Å². The van der Waals surface area contributed by atoms with Gasteiger partial charge in [0.05, 0.1) is 0 Å². The van der Waals surface area contributed by atoms with Gasteiger partial charge in [-0.25, -0.2) is 13.6 Å². The fourth-order valence-corrected chi connectivity index (χ4v) is 2.77. The fourth-order valence-electron chi connectivity index (χ4n) is 2.77. The maximum Gasteiger partial charge on any atom is 0.415 e. The molecule has 0 aromatic heterocycles. The minimum Gasteiger partial charge on any atom is -0.410 e. The molecule has 0 unspecified atom stereocenters. The number of piperidine rings is 1. The molecule has 1 aromatic rings. The monoisotopic (exact) mass is 312 g/mol. The number of nitrogens with one attached hydrogen (secondary N) is 1. The minimum atomic E-state index is -0.771. The average Bonchev–Trinajstić information content (AvgIpc) is 2.36. The molecule has 0 saturated carbocycles. The van der Waals surface area contributed by atoms with E-state index in [2.05, 4.69) is 5.32 Å². The lowest BCUT2D eigenvalue weighted by Crippen LogP contribution is -2.55. The van der Waals surface area contributed by atoms with Gasteiger partial charge in [-0.3, -0.25) is 4.90 Å². The Morgan fingerprint density at radius 2 is 1.73 bits per heavy atom. The second-order valence-corrected chi connectivity index (χ2v) is 6.50. The highest BCUT2D eigenvalue weighted by Crippen LogP contribution is 2.25. The first kappa shape index (κ1) is 16.7. The first-order valence-corrected chi connectivity index (χ1v) is 7.45. The second-order valence-electron chi connectivity index (χ2n) is 6.50. The Morgan fingerprint density at radius 1 is 1.18 bits per heavy atom. The number of benzene rings is 1. The molecule has 1 heterocycles. The molecule has 22 heavy (non-hydrogen) atoms. The number of hydrogen-bond donors (Lipinski definition) is 1. The lowest BCUT2D eigenvalue weighted by atomic mass is 9.98. The molecule has 2 rings (SSSR count). The summed E-state index contributed by atoms with van der Waals surface area (Å²) in [6, 6.07) is 2.80. The second kappa shape index (κ2) is 6.60. The van der Waals surface area contributed by atoms with E-state index in [4.69, 9.17) is 4.74 Å². The third-order valence-corrected chi connectivity index (χ3v) is 3.63. The van der Waals surface area contributed by atoms with E-state index < -0.39 is 23.3 Å². The molecule has 0 atom stereocenters. The molecule has 0 radical (unpaired) electrons. The summed E-state index contributed by atoms with van der Waals surface area (Å²) < 4.78 is 31.6. The van der Waals surface area contributed by atoms with Crippen molar-refractivity contribution in [2.45, 2.75) is 45.2 Å². The number of hydrogen-bond acceptors (Lipinski definition) is 3. The Balaban J connectivity index is 2.18. The first-order chi connectivity index (χ1) is 10.3. The van der Waals surface area contributed by atoms with Crippen molar-refractivity contribution in [1.29, 1.82) is 0 Å². The number of nitrogens with zero attached hydrogens (tertiary/aromatic N) is 1. The number of amides is 1. The van der Waals surface area contributed by atoms with Gasteiger partial charge in [0, 0.05) is 29.8 Å². The molecule has 1 saturated heterocycles. The van der Waals surface area contributed by atoms with Crippen LogP contribution in [0.2, 0.25) is 0 Å². The molecule has 1 fully saturated rings. The summed E-state index contributed by atoms with van der Waals surface area (Å²) in [5.41, 5.74) is -0.440. The van der Waals surface area contributed by atoms with Crippen LogP contribution in [0.1, 0.15) is 33.6 Å². The van der Waals surface area contributed by atoms with E-state index in [0.29, 0.717) is 0 Å². The lowest BCUT2D eigenvalue weighted by Gasteiger charge is -2.42. The van der Waals surface area contributed by atoms with Gasteiger partial charge >= 0.3 is 6.09 Å². The van der Waals surface area contributed by atoms with E-state index in [1.165, 1.54) is 0 Å². The molecule has 0 aliphatic carbocycles. The van der Waals surface area contributed by atoms with Gasteiger partial charge in [-0.2, -0.15) is 0 Å². The SMILES string of the molecule is CC(C)(C)N(C(=O)Oc1cc(F)cc(F)c1)C1CCNCC1. The van der Waals surface area contributed by atoms with Gasteiger partial charge < -0.3 is 10.1 Å². The number of halogens is 2. The average molecular weight is 312 g/mol. The van der Waals surface area contributed by atoms with Gasteiger partial charge in [0.2, 0.25) is 0 Å². The van der Waals surface area contributed by atoms with Crippen molar-refractivity contribution < 1.29 is 18.3 Å². The van der Waals surface area contributed by atoms with Crippen LogP contribution < -0.4 is 10.1 Å². The van der Waals surface area contributed by atoms with Crippen LogP contribution in [0.15, 0.2) is 18.2 Å². The van der Waals surface area contributed by atoms with Gasteiger partial charge in [0.1, 0.15) is 17.4 Å². The Kier molecular flexibility index (Phi) is 5.01. The van der Waals surface area contributed by atoms with Crippen molar-refractivity contribution in [2.75, 3.05) is 13.1 Å². The quantitative estimate of drug-likeness (QED) is 0.911. The van der Waals surface area contributed by atoms with E-state index in [1.54, 1.807) is 4.90 Å². The van der Waals surface area contributed by atoms with Crippen LogP contribution in [0.4, 0.5) is 13.6 Å². The van der Waals surface area contributed by atoms with Crippen molar-refractivity contribution in [1.82, 2.24) is 10.2 Å². The molecule has 0 spiro atoms. The summed E-state index contributed by atoms with van der Waals surface area (Å²) in [6.45, 7) is 7.42. The lowest BCUT2D eigenvalue weighted by molar-refractivity contribution is 0.0643. The van der Waals surface area contributed by atoms with Crippen LogP contribution in [-0.2, 0) is 0 Å². The molecule has 4 nitrogen and oxygen atoms in total. The number of carbonyl (C=O) groups is 1. The van der Waals surface area contributed by atoms with Crippen LogP contribution in [0.3, 0.4) is 0 Å². The molecule has 1 aliphatic rings. The van der Waals surface area contributed by atoms with Crippen molar-refractivity contribution >= 4 is 6.09 Å². The minimum absolute atomic E-state index is 0.0483. The van der Waals surface area contributed by atoms with E-state index in [0.717, 1.165) is 44.1 Å². The smallest absolute Gasteiger partial charge is 0.410 e. The molecule has 0 bridgehead atoms. The first-order valence-electron chi connectivity index (χ1n) is 7.45. The van der Waals surface area contributed by atoms with Crippen LogP contribution in [0.5, 0.6) is 5.75 Å². The molecule has 6 heteroatoms. The maximum absolute atomic E-state index is 13.2. The summed E-state index contributed by atoms with van der Waals surface area (Å²) in [5.74, 6) is -1.66. The topological polar surface area (TPSA) is 41.6 Å². The van der Waals surface area contributed by atoms with Crippen LogP contribution in [0.25, 0.3) is 0 Å². The largest absolute Gasteiger partial charge is 0.415 e. The normalized spacial score (nSPS) is 16.4. The standard InChI is InChI=1S/C16H22F2N2O2/c1-16(2,3)20(13-4-6-19-7-5-13)15(21)22-14-9-11(17)8-12(18)10-14/h8-10,13,19H,4-7H2,1-3H3. The Bertz CT molecular complexity index is 517. The van der Waals surface area contributed by atoms with Crippen molar-refractivity contribution in [3.8, 4) is 5.75 Å². The predicted molar refractivity (Wildman–Crippen MR) is 79.9 cm³/mol. The predicted octanol–water partition coefficient (Wildman–Crippen LogP) is 3.32. The van der Waals surface area contributed by atoms with E-state index in [9.17, 15) is 13.6 Å². The molecule has 1 aromatic carbocycles. The Morgan fingerprint density at radius 3 is 2.23 bits per heavy atom. The highest BCUT2D eigenvalue weighted by molar-refractivity contribution is 5.72. The van der Waals surface area contributed by atoms with Crippen LogP contribution in [0, 0.1) is 11.6 Å². The molecular formula is C16H22F2N2O2.